The molecule has 0 aliphatic carbocycles. The summed E-state index contributed by atoms with van der Waals surface area (Å²) in [6.07, 6.45) is 0. The highest BCUT2D eigenvalue weighted by atomic mass is 35.5. The van der Waals surface area contributed by atoms with Gasteiger partial charge in [0.15, 0.2) is 0 Å². The van der Waals surface area contributed by atoms with Crippen LogP contribution in [0.1, 0.15) is 35.8 Å². The molecular weight excluding hydrogens is 324 g/mol. The van der Waals surface area contributed by atoms with Gasteiger partial charge in [-0.1, -0.05) is 50.2 Å². The van der Waals surface area contributed by atoms with E-state index in [1.54, 1.807) is 12.1 Å². The molecule has 0 bridgehead atoms. The van der Waals surface area contributed by atoms with Crippen LogP contribution in [0.4, 0.5) is 0 Å². The number of nitrogens with two attached hydrogens (primary N) is 1. The molecule has 2 aromatic rings. The van der Waals surface area contributed by atoms with E-state index in [0.717, 1.165) is 5.56 Å². The Labute approximate surface area is 149 Å². The van der Waals surface area contributed by atoms with Crippen molar-refractivity contribution < 1.29 is 9.53 Å². The molecule has 1 atom stereocenters. The van der Waals surface area contributed by atoms with Crippen molar-refractivity contribution in [2.24, 2.45) is 11.7 Å². The van der Waals surface area contributed by atoms with Crippen LogP contribution in [0.3, 0.4) is 0 Å². The summed E-state index contributed by atoms with van der Waals surface area (Å²) >= 11 is 0. The third-order valence-corrected chi connectivity index (χ3v) is 3.39. The van der Waals surface area contributed by atoms with E-state index in [9.17, 15) is 4.79 Å². The highest BCUT2D eigenvalue weighted by molar-refractivity contribution is 5.94. The minimum absolute atomic E-state index is 0. The van der Waals surface area contributed by atoms with Gasteiger partial charge in [0.2, 0.25) is 0 Å². The van der Waals surface area contributed by atoms with Crippen LogP contribution in [-0.2, 0) is 0 Å². The summed E-state index contributed by atoms with van der Waals surface area (Å²) in [4.78, 5) is 12.2. The first kappa shape index (κ1) is 20.0. The Kier molecular flexibility index (Phi) is 8.30. The number of benzene rings is 2. The molecule has 2 aromatic carbocycles. The molecule has 130 valence electrons. The van der Waals surface area contributed by atoms with Crippen molar-refractivity contribution in [3.63, 3.8) is 0 Å². The number of ether oxygens (including phenoxy) is 1. The third kappa shape index (κ3) is 6.22. The van der Waals surface area contributed by atoms with Crippen molar-refractivity contribution in [3.05, 3.63) is 65.7 Å². The quantitative estimate of drug-likeness (QED) is 0.803. The normalized spacial score (nSPS) is 11.5. The monoisotopic (exact) mass is 348 g/mol. The van der Waals surface area contributed by atoms with Gasteiger partial charge in [0, 0.05) is 18.2 Å². The van der Waals surface area contributed by atoms with Crippen molar-refractivity contribution in [3.8, 4) is 5.75 Å². The van der Waals surface area contributed by atoms with Gasteiger partial charge in [0.25, 0.3) is 5.91 Å². The Morgan fingerprint density at radius 1 is 1.12 bits per heavy atom. The average molecular weight is 349 g/mol. The van der Waals surface area contributed by atoms with E-state index in [2.05, 4.69) is 19.2 Å². The fraction of sp³-hybridized carbons (Fsp3) is 0.316. The van der Waals surface area contributed by atoms with Crippen molar-refractivity contribution >= 4 is 18.3 Å². The molecule has 1 amide bonds. The van der Waals surface area contributed by atoms with Gasteiger partial charge in [-0.25, -0.2) is 0 Å². The molecule has 0 saturated heterocycles. The topological polar surface area (TPSA) is 64.3 Å². The molecule has 0 heterocycles. The maximum Gasteiger partial charge on any atom is 0.251 e. The van der Waals surface area contributed by atoms with Gasteiger partial charge in [-0.05, 0) is 29.7 Å². The first-order chi connectivity index (χ1) is 11.1. The third-order valence-electron chi connectivity index (χ3n) is 3.39. The summed E-state index contributed by atoms with van der Waals surface area (Å²) in [5.41, 5.74) is 7.67. The summed E-state index contributed by atoms with van der Waals surface area (Å²) in [6, 6.07) is 16.7. The Bertz CT molecular complexity index is 632. The lowest BCUT2D eigenvalue weighted by Crippen LogP contribution is -2.31. The van der Waals surface area contributed by atoms with Crippen molar-refractivity contribution in [1.29, 1.82) is 0 Å². The van der Waals surface area contributed by atoms with E-state index in [4.69, 9.17) is 10.5 Å². The fourth-order valence-electron chi connectivity index (χ4n) is 2.11. The van der Waals surface area contributed by atoms with Gasteiger partial charge in [-0.2, -0.15) is 0 Å². The molecule has 2 rings (SSSR count). The summed E-state index contributed by atoms with van der Waals surface area (Å²) < 4.78 is 5.65. The predicted molar refractivity (Wildman–Crippen MR) is 99.7 cm³/mol. The summed E-state index contributed by atoms with van der Waals surface area (Å²) in [5, 5.41) is 2.87. The van der Waals surface area contributed by atoms with Crippen LogP contribution in [0.2, 0.25) is 0 Å². The minimum atomic E-state index is -0.222. The van der Waals surface area contributed by atoms with Crippen molar-refractivity contribution in [1.82, 2.24) is 5.32 Å². The number of carbonyl (C=O) groups excluding carboxylic acids is 1. The van der Waals surface area contributed by atoms with E-state index in [-0.39, 0.29) is 24.4 Å². The summed E-state index contributed by atoms with van der Waals surface area (Å²) in [5.74, 6) is 1.00. The first-order valence-corrected chi connectivity index (χ1v) is 7.88. The molecule has 0 aliphatic rings. The molecule has 0 saturated carbocycles. The lowest BCUT2D eigenvalue weighted by Gasteiger charge is -2.14. The highest BCUT2D eigenvalue weighted by Crippen LogP contribution is 2.15. The van der Waals surface area contributed by atoms with Gasteiger partial charge < -0.3 is 15.8 Å². The number of rotatable bonds is 7. The van der Waals surface area contributed by atoms with Crippen molar-refractivity contribution in [2.45, 2.75) is 19.9 Å². The molecule has 0 aliphatic heterocycles. The smallest absolute Gasteiger partial charge is 0.251 e. The molecular formula is C19H25ClN2O2. The Hall–Kier alpha value is -2.04. The molecule has 0 radical (unpaired) electrons. The summed E-state index contributed by atoms with van der Waals surface area (Å²) in [6.45, 7) is 5.19. The molecule has 0 spiro atoms. The lowest BCUT2D eigenvalue weighted by molar-refractivity contribution is 0.0950. The minimum Gasteiger partial charge on any atom is -0.493 e. The Morgan fingerprint density at radius 2 is 1.83 bits per heavy atom. The molecule has 4 nitrogen and oxygen atoms in total. The number of halogens is 1. The maximum atomic E-state index is 12.2. The van der Waals surface area contributed by atoms with Crippen LogP contribution in [0.15, 0.2) is 54.6 Å². The van der Waals surface area contributed by atoms with Crippen molar-refractivity contribution in [2.75, 3.05) is 13.2 Å². The highest BCUT2D eigenvalue weighted by Gasteiger charge is 2.10. The first-order valence-electron chi connectivity index (χ1n) is 7.88. The van der Waals surface area contributed by atoms with E-state index in [1.165, 1.54) is 0 Å². The Balaban J connectivity index is 0.00000288. The number of hydrogen-bond donors (Lipinski definition) is 2. The predicted octanol–water partition coefficient (Wildman–Crippen LogP) is 3.57. The standard InChI is InChI=1S/C19H24N2O2.ClH/c1-14(2)13-23-17-10-6-9-16(11-17)19(22)21-12-18(20)15-7-4-3-5-8-15;/h3-11,14,18H,12-13,20H2,1-2H3,(H,21,22);1H. The van der Waals surface area contributed by atoms with Crippen LogP contribution in [0.25, 0.3) is 0 Å². The van der Waals surface area contributed by atoms with Crippen LogP contribution in [-0.4, -0.2) is 19.1 Å². The average Bonchev–Trinajstić information content (AvgIpc) is 2.58. The zero-order chi connectivity index (χ0) is 16.7. The maximum absolute atomic E-state index is 12.2. The van der Waals surface area contributed by atoms with E-state index in [0.29, 0.717) is 30.4 Å². The number of hydrogen-bond acceptors (Lipinski definition) is 3. The number of carbonyl (C=O) groups is 1. The Morgan fingerprint density at radius 3 is 2.50 bits per heavy atom. The van der Waals surface area contributed by atoms with Crippen LogP contribution in [0.5, 0.6) is 5.75 Å². The van der Waals surface area contributed by atoms with E-state index >= 15 is 0 Å². The van der Waals surface area contributed by atoms with Crippen LogP contribution >= 0.6 is 12.4 Å². The zero-order valence-electron chi connectivity index (χ0n) is 14.1. The zero-order valence-corrected chi connectivity index (χ0v) is 14.9. The van der Waals surface area contributed by atoms with E-state index < -0.39 is 0 Å². The van der Waals surface area contributed by atoms with Gasteiger partial charge in [0.05, 0.1) is 6.61 Å². The molecule has 24 heavy (non-hydrogen) atoms. The van der Waals surface area contributed by atoms with Gasteiger partial charge >= 0.3 is 0 Å². The number of nitrogens with one attached hydrogen (secondary N) is 1. The van der Waals surface area contributed by atoms with E-state index in [1.807, 2.05) is 42.5 Å². The second-order valence-electron chi connectivity index (χ2n) is 5.96. The van der Waals surface area contributed by atoms with Gasteiger partial charge in [0.1, 0.15) is 5.75 Å². The number of amides is 1. The van der Waals surface area contributed by atoms with Gasteiger partial charge in [-0.3, -0.25) is 4.79 Å². The fourth-order valence-corrected chi connectivity index (χ4v) is 2.11. The second kappa shape index (κ2) is 9.96. The molecule has 5 heteroatoms. The molecule has 0 fully saturated rings. The van der Waals surface area contributed by atoms with Crippen LogP contribution < -0.4 is 15.8 Å². The largest absolute Gasteiger partial charge is 0.493 e. The van der Waals surface area contributed by atoms with Gasteiger partial charge in [-0.15, -0.1) is 12.4 Å². The molecule has 3 N–H and O–H groups in total. The SMILES string of the molecule is CC(C)COc1cccc(C(=O)NCC(N)c2ccccc2)c1.Cl. The molecule has 1 unspecified atom stereocenters. The molecule has 0 aromatic heterocycles. The summed E-state index contributed by atoms with van der Waals surface area (Å²) in [7, 11) is 0. The lowest BCUT2D eigenvalue weighted by atomic mass is 10.1. The second-order valence-corrected chi connectivity index (χ2v) is 5.96. The van der Waals surface area contributed by atoms with Crippen LogP contribution in [0, 0.1) is 5.92 Å².